The van der Waals surface area contributed by atoms with Gasteiger partial charge in [-0.2, -0.15) is 0 Å². The van der Waals surface area contributed by atoms with Crippen LogP contribution in [-0.4, -0.2) is 46.7 Å². The second kappa shape index (κ2) is 9.63. The van der Waals surface area contributed by atoms with E-state index in [2.05, 4.69) is 35.9 Å². The van der Waals surface area contributed by atoms with Crippen LogP contribution < -0.4 is 4.90 Å². The lowest BCUT2D eigenvalue weighted by Gasteiger charge is -2.20. The van der Waals surface area contributed by atoms with Crippen molar-refractivity contribution < 1.29 is 14.7 Å². The number of amidine groups is 1. The summed E-state index contributed by atoms with van der Waals surface area (Å²) in [5.41, 5.74) is 2.94. The molecule has 0 saturated carbocycles. The fourth-order valence-electron chi connectivity index (χ4n) is 3.18. The third-order valence-corrected chi connectivity index (χ3v) is 5.87. The molecule has 1 N–H and O–H groups in total. The lowest BCUT2D eigenvalue weighted by molar-refractivity contribution is -0.122. The number of aromatic carboxylic acids is 1. The number of aliphatic imine (C=N–C) groups is 1. The fraction of sp³-hybridized carbons (Fsp3) is 0.261. The number of benzene rings is 2. The molecule has 0 bridgehead atoms. The number of anilines is 1. The average Bonchev–Trinajstić information content (AvgIpc) is 3.04. The van der Waals surface area contributed by atoms with E-state index in [9.17, 15) is 9.59 Å². The Hall–Kier alpha value is -3.06. The molecule has 30 heavy (non-hydrogen) atoms. The number of nitrogens with zero attached hydrogens (tertiary/aromatic N) is 3. The van der Waals surface area contributed by atoms with E-state index in [1.165, 1.54) is 23.9 Å². The highest BCUT2D eigenvalue weighted by atomic mass is 32.2. The van der Waals surface area contributed by atoms with Crippen molar-refractivity contribution in [1.29, 1.82) is 0 Å². The Morgan fingerprint density at radius 3 is 2.23 bits per heavy atom. The number of thioether (sulfide) groups is 1. The predicted molar refractivity (Wildman–Crippen MR) is 123 cm³/mol. The zero-order valence-corrected chi connectivity index (χ0v) is 18.1. The molecule has 0 unspecified atom stereocenters. The predicted octanol–water partition coefficient (Wildman–Crippen LogP) is 4.85. The standard InChI is InChI=1S/C23H25N3O3S/c1-4-25(5-2)19-13-7-16(8-14-19)15-20-21(27)26(6-3)23(30-20)24-18-11-9-17(10-12-18)22(28)29/h7-15H,4-6H2,1-3H3,(H,28,29)/b20-15+,24-23?. The Bertz CT molecular complexity index is 978. The van der Waals surface area contributed by atoms with Crippen molar-refractivity contribution in [1.82, 2.24) is 4.90 Å². The van der Waals surface area contributed by atoms with Crippen molar-refractivity contribution in [3.05, 3.63) is 64.6 Å². The summed E-state index contributed by atoms with van der Waals surface area (Å²) >= 11 is 1.33. The number of hydrogen-bond acceptors (Lipinski definition) is 5. The normalized spacial score (nSPS) is 16.5. The number of hydrogen-bond donors (Lipinski definition) is 1. The van der Waals surface area contributed by atoms with Gasteiger partial charge in [-0.05, 0) is 80.6 Å². The van der Waals surface area contributed by atoms with Gasteiger partial charge in [0.1, 0.15) is 0 Å². The number of carbonyl (C=O) groups is 2. The Labute approximate surface area is 180 Å². The van der Waals surface area contributed by atoms with E-state index < -0.39 is 5.97 Å². The summed E-state index contributed by atoms with van der Waals surface area (Å²) in [5.74, 6) is -1.05. The van der Waals surface area contributed by atoms with Gasteiger partial charge in [-0.3, -0.25) is 9.69 Å². The molecule has 0 aromatic heterocycles. The molecule has 2 aromatic rings. The lowest BCUT2D eigenvalue weighted by atomic mass is 10.1. The van der Waals surface area contributed by atoms with Crippen molar-refractivity contribution in [2.75, 3.05) is 24.5 Å². The SMILES string of the molecule is CCN1C(=O)/C(=C\c2ccc(N(CC)CC)cc2)SC1=Nc1ccc(C(=O)O)cc1. The molecular weight excluding hydrogens is 398 g/mol. The van der Waals surface area contributed by atoms with Crippen LogP contribution in [0.1, 0.15) is 36.7 Å². The maximum absolute atomic E-state index is 12.8. The maximum Gasteiger partial charge on any atom is 0.335 e. The topological polar surface area (TPSA) is 73.2 Å². The van der Waals surface area contributed by atoms with Gasteiger partial charge < -0.3 is 10.0 Å². The third kappa shape index (κ3) is 4.74. The Kier molecular flexibility index (Phi) is 6.95. The largest absolute Gasteiger partial charge is 0.478 e. The second-order valence-corrected chi connectivity index (χ2v) is 7.68. The number of carboxylic acid groups (broad SMARTS) is 1. The molecule has 0 spiro atoms. The van der Waals surface area contributed by atoms with E-state index >= 15 is 0 Å². The molecule has 0 aliphatic carbocycles. The van der Waals surface area contributed by atoms with Crippen LogP contribution in [0.2, 0.25) is 0 Å². The zero-order valence-electron chi connectivity index (χ0n) is 17.3. The number of likely N-dealkylation sites (N-methyl/N-ethyl adjacent to an activating group) is 1. The highest BCUT2D eigenvalue weighted by molar-refractivity contribution is 8.18. The van der Waals surface area contributed by atoms with E-state index in [0.717, 1.165) is 24.3 Å². The van der Waals surface area contributed by atoms with E-state index in [0.29, 0.717) is 22.3 Å². The van der Waals surface area contributed by atoms with Gasteiger partial charge in [-0.1, -0.05) is 12.1 Å². The fourth-order valence-corrected chi connectivity index (χ4v) is 4.24. The van der Waals surface area contributed by atoms with Crippen LogP contribution in [-0.2, 0) is 4.79 Å². The monoisotopic (exact) mass is 423 g/mol. The van der Waals surface area contributed by atoms with Crippen LogP contribution in [0.25, 0.3) is 6.08 Å². The molecule has 1 aliphatic rings. The molecule has 2 aromatic carbocycles. The summed E-state index contributed by atoms with van der Waals surface area (Å²) in [6, 6.07) is 14.5. The first-order chi connectivity index (χ1) is 14.5. The van der Waals surface area contributed by atoms with Gasteiger partial charge in [-0.15, -0.1) is 0 Å². The van der Waals surface area contributed by atoms with Crippen LogP contribution in [0.15, 0.2) is 58.4 Å². The Balaban J connectivity index is 1.83. The van der Waals surface area contributed by atoms with Crippen molar-refractivity contribution >= 4 is 46.3 Å². The van der Waals surface area contributed by atoms with Gasteiger partial charge in [0.05, 0.1) is 16.2 Å². The van der Waals surface area contributed by atoms with Crippen molar-refractivity contribution in [2.24, 2.45) is 4.99 Å². The van der Waals surface area contributed by atoms with E-state index in [-0.39, 0.29) is 11.5 Å². The Morgan fingerprint density at radius 1 is 1.07 bits per heavy atom. The highest BCUT2D eigenvalue weighted by Gasteiger charge is 2.32. The highest BCUT2D eigenvalue weighted by Crippen LogP contribution is 2.34. The van der Waals surface area contributed by atoms with Gasteiger partial charge in [0.25, 0.3) is 5.91 Å². The van der Waals surface area contributed by atoms with Crippen LogP contribution in [0.4, 0.5) is 11.4 Å². The van der Waals surface area contributed by atoms with Crippen molar-refractivity contribution in [2.45, 2.75) is 20.8 Å². The van der Waals surface area contributed by atoms with Gasteiger partial charge in [-0.25, -0.2) is 9.79 Å². The molecule has 1 heterocycles. The molecule has 3 rings (SSSR count). The van der Waals surface area contributed by atoms with Gasteiger partial charge >= 0.3 is 5.97 Å². The van der Waals surface area contributed by atoms with Crippen molar-refractivity contribution in [3.8, 4) is 0 Å². The summed E-state index contributed by atoms with van der Waals surface area (Å²) < 4.78 is 0. The van der Waals surface area contributed by atoms with E-state index in [4.69, 9.17) is 5.11 Å². The summed E-state index contributed by atoms with van der Waals surface area (Å²) in [6.07, 6.45) is 1.89. The zero-order chi connectivity index (χ0) is 21.7. The first kappa shape index (κ1) is 21.6. The van der Waals surface area contributed by atoms with Crippen LogP contribution in [0.5, 0.6) is 0 Å². The summed E-state index contributed by atoms with van der Waals surface area (Å²) in [4.78, 5) is 32.9. The van der Waals surface area contributed by atoms with E-state index in [1.807, 2.05) is 25.1 Å². The maximum atomic E-state index is 12.8. The van der Waals surface area contributed by atoms with Crippen LogP contribution >= 0.6 is 11.8 Å². The quantitative estimate of drug-likeness (QED) is 0.644. The molecule has 1 amide bonds. The lowest BCUT2D eigenvalue weighted by Crippen LogP contribution is -2.28. The van der Waals surface area contributed by atoms with Gasteiger partial charge in [0.15, 0.2) is 5.17 Å². The summed E-state index contributed by atoms with van der Waals surface area (Å²) in [7, 11) is 0. The molecule has 0 atom stereocenters. The number of rotatable bonds is 7. The van der Waals surface area contributed by atoms with Gasteiger partial charge in [0, 0.05) is 25.3 Å². The summed E-state index contributed by atoms with van der Waals surface area (Å²) in [6.45, 7) is 8.57. The number of carboxylic acids is 1. The number of carbonyl (C=O) groups excluding carboxylic acids is 1. The van der Waals surface area contributed by atoms with E-state index in [1.54, 1.807) is 17.0 Å². The molecular formula is C23H25N3O3S. The second-order valence-electron chi connectivity index (χ2n) is 6.67. The average molecular weight is 424 g/mol. The Morgan fingerprint density at radius 2 is 1.70 bits per heavy atom. The molecule has 1 saturated heterocycles. The molecule has 1 fully saturated rings. The molecule has 7 heteroatoms. The number of amides is 1. The minimum atomic E-state index is -0.980. The van der Waals surface area contributed by atoms with Crippen LogP contribution in [0.3, 0.4) is 0 Å². The summed E-state index contributed by atoms with van der Waals surface area (Å²) in [5, 5.41) is 9.62. The molecule has 6 nitrogen and oxygen atoms in total. The molecule has 156 valence electrons. The van der Waals surface area contributed by atoms with Crippen molar-refractivity contribution in [3.63, 3.8) is 0 Å². The first-order valence-electron chi connectivity index (χ1n) is 9.95. The smallest absolute Gasteiger partial charge is 0.335 e. The minimum Gasteiger partial charge on any atom is -0.478 e. The minimum absolute atomic E-state index is 0.0729. The van der Waals surface area contributed by atoms with Gasteiger partial charge in [0.2, 0.25) is 0 Å². The molecule has 0 radical (unpaired) electrons. The third-order valence-electron chi connectivity index (χ3n) is 4.86. The first-order valence-corrected chi connectivity index (χ1v) is 10.8. The molecule has 1 aliphatic heterocycles. The van der Waals surface area contributed by atoms with Crippen LogP contribution in [0, 0.1) is 0 Å².